The van der Waals surface area contributed by atoms with Crippen molar-refractivity contribution in [3.8, 4) is 0 Å². The van der Waals surface area contributed by atoms with Crippen LogP contribution in [0.4, 0.5) is 5.69 Å². The van der Waals surface area contributed by atoms with Crippen molar-refractivity contribution < 1.29 is 21.6 Å². The van der Waals surface area contributed by atoms with Crippen molar-refractivity contribution in [3.05, 3.63) is 29.8 Å². The maximum Gasteiger partial charge on any atom is 0.208 e. The highest BCUT2D eigenvalue weighted by Gasteiger charge is 2.29. The summed E-state index contributed by atoms with van der Waals surface area (Å²) in [5, 5.41) is 0. The average molecular weight is 240 g/mol. The molecule has 0 aromatic heterocycles. The SMILES string of the molecule is CC1=[N+](C)c2ccccc2C1C.[Br-]. The molecule has 0 aliphatic carbocycles. The fraction of sp³-hybridized carbons (Fsp3) is 0.364. The molecule has 0 saturated heterocycles. The maximum atomic E-state index is 2.28. The number of hydrogen-bond acceptors (Lipinski definition) is 0. The van der Waals surface area contributed by atoms with Gasteiger partial charge in [0.2, 0.25) is 5.69 Å². The number of fused-ring (bicyclic) bond motifs is 1. The van der Waals surface area contributed by atoms with Gasteiger partial charge in [-0.1, -0.05) is 18.2 Å². The zero-order valence-electron chi connectivity index (χ0n) is 8.21. The van der Waals surface area contributed by atoms with Crippen LogP contribution in [0.15, 0.2) is 24.3 Å². The van der Waals surface area contributed by atoms with Gasteiger partial charge in [0.1, 0.15) is 7.05 Å². The Bertz CT molecular complexity index is 355. The number of benzene rings is 1. The Kier molecular flexibility index (Phi) is 2.91. The van der Waals surface area contributed by atoms with Crippen LogP contribution in [0.5, 0.6) is 0 Å². The molecule has 2 rings (SSSR count). The first kappa shape index (κ1) is 10.5. The zero-order valence-corrected chi connectivity index (χ0v) is 9.80. The van der Waals surface area contributed by atoms with E-state index in [1.54, 1.807) is 0 Å². The number of hydrogen-bond donors (Lipinski definition) is 0. The van der Waals surface area contributed by atoms with Crippen molar-refractivity contribution in [2.75, 3.05) is 7.05 Å². The van der Waals surface area contributed by atoms with Crippen molar-refractivity contribution in [2.24, 2.45) is 0 Å². The summed E-state index contributed by atoms with van der Waals surface area (Å²) in [5.41, 5.74) is 4.26. The maximum absolute atomic E-state index is 2.28. The molecule has 1 aliphatic rings. The van der Waals surface area contributed by atoms with Crippen LogP contribution in [0.2, 0.25) is 0 Å². The Balaban J connectivity index is 0.000000845. The van der Waals surface area contributed by atoms with Crippen LogP contribution < -0.4 is 17.0 Å². The highest BCUT2D eigenvalue weighted by Crippen LogP contribution is 2.32. The third-order valence-corrected chi connectivity index (χ3v) is 2.92. The molecular weight excluding hydrogens is 226 g/mol. The third-order valence-electron chi connectivity index (χ3n) is 2.92. The van der Waals surface area contributed by atoms with Crippen LogP contribution in [-0.4, -0.2) is 17.3 Å². The van der Waals surface area contributed by atoms with Gasteiger partial charge in [0.25, 0.3) is 0 Å². The van der Waals surface area contributed by atoms with Crippen molar-refractivity contribution in [2.45, 2.75) is 19.8 Å². The van der Waals surface area contributed by atoms with E-state index in [1.165, 1.54) is 17.0 Å². The smallest absolute Gasteiger partial charge is 0.208 e. The Morgan fingerprint density at radius 3 is 2.46 bits per heavy atom. The predicted octanol–water partition coefficient (Wildman–Crippen LogP) is -0.458. The molecule has 0 amide bonds. The lowest BCUT2D eigenvalue weighted by Crippen LogP contribution is -3.00. The topological polar surface area (TPSA) is 3.01 Å². The van der Waals surface area contributed by atoms with Gasteiger partial charge in [-0.3, -0.25) is 0 Å². The Morgan fingerprint density at radius 2 is 1.85 bits per heavy atom. The summed E-state index contributed by atoms with van der Waals surface area (Å²) in [4.78, 5) is 0. The lowest BCUT2D eigenvalue weighted by Gasteiger charge is -1.97. The molecule has 0 N–H and O–H groups in total. The monoisotopic (exact) mass is 239 g/mol. The van der Waals surface area contributed by atoms with E-state index in [1.807, 2.05) is 0 Å². The molecule has 1 nitrogen and oxygen atoms in total. The van der Waals surface area contributed by atoms with Crippen LogP contribution in [0.3, 0.4) is 0 Å². The van der Waals surface area contributed by atoms with Crippen LogP contribution >= 0.6 is 0 Å². The van der Waals surface area contributed by atoms with Crippen LogP contribution in [0.25, 0.3) is 0 Å². The van der Waals surface area contributed by atoms with Gasteiger partial charge in [0.15, 0.2) is 5.71 Å². The van der Waals surface area contributed by atoms with E-state index in [2.05, 4.69) is 49.7 Å². The Morgan fingerprint density at radius 1 is 1.23 bits per heavy atom. The summed E-state index contributed by atoms with van der Waals surface area (Å²) in [6.07, 6.45) is 0. The lowest BCUT2D eigenvalue weighted by atomic mass is 9.99. The zero-order chi connectivity index (χ0) is 8.72. The molecule has 0 bridgehead atoms. The molecule has 1 atom stereocenters. The third kappa shape index (κ3) is 1.44. The van der Waals surface area contributed by atoms with E-state index in [-0.39, 0.29) is 17.0 Å². The van der Waals surface area contributed by atoms with Gasteiger partial charge in [-0.2, -0.15) is 0 Å². The molecular formula is C11H14BrN. The number of nitrogens with zero attached hydrogens (tertiary/aromatic N) is 1. The van der Waals surface area contributed by atoms with E-state index in [4.69, 9.17) is 0 Å². The van der Waals surface area contributed by atoms with Gasteiger partial charge in [-0.25, -0.2) is 4.58 Å². The molecule has 1 unspecified atom stereocenters. The Hall–Kier alpha value is -0.630. The lowest BCUT2D eigenvalue weighted by molar-refractivity contribution is -0.402. The summed E-state index contributed by atoms with van der Waals surface area (Å²) >= 11 is 0. The van der Waals surface area contributed by atoms with Gasteiger partial charge < -0.3 is 17.0 Å². The van der Waals surface area contributed by atoms with E-state index < -0.39 is 0 Å². The van der Waals surface area contributed by atoms with Crippen LogP contribution in [-0.2, 0) is 0 Å². The van der Waals surface area contributed by atoms with E-state index in [9.17, 15) is 0 Å². The van der Waals surface area contributed by atoms with Gasteiger partial charge in [0, 0.05) is 18.6 Å². The summed E-state index contributed by atoms with van der Waals surface area (Å²) in [6, 6.07) is 8.61. The first-order valence-electron chi connectivity index (χ1n) is 4.38. The number of rotatable bonds is 0. The van der Waals surface area contributed by atoms with Gasteiger partial charge in [0.05, 0.1) is 5.92 Å². The molecule has 70 valence electrons. The standard InChI is InChI=1S/C11H14N.BrH/c1-8-9(2)12(3)11-7-5-4-6-10(8)11;/h4-8H,1-3H3;1H/q+1;/p-1. The second kappa shape index (κ2) is 3.62. The van der Waals surface area contributed by atoms with Crippen molar-refractivity contribution >= 4 is 11.4 Å². The van der Waals surface area contributed by atoms with Gasteiger partial charge in [-0.15, -0.1) is 0 Å². The van der Waals surface area contributed by atoms with E-state index in [0.717, 1.165) is 0 Å². The molecule has 0 spiro atoms. The quantitative estimate of drug-likeness (QED) is 0.540. The second-order valence-electron chi connectivity index (χ2n) is 3.48. The summed E-state index contributed by atoms with van der Waals surface area (Å²) < 4.78 is 2.28. The first-order chi connectivity index (χ1) is 5.72. The van der Waals surface area contributed by atoms with E-state index in [0.29, 0.717) is 5.92 Å². The molecule has 2 heteroatoms. The fourth-order valence-corrected chi connectivity index (χ4v) is 1.86. The van der Waals surface area contributed by atoms with E-state index >= 15 is 0 Å². The average Bonchev–Trinajstić information content (AvgIpc) is 2.33. The van der Waals surface area contributed by atoms with Crippen LogP contribution in [0, 0.1) is 0 Å². The van der Waals surface area contributed by atoms with Gasteiger partial charge >= 0.3 is 0 Å². The normalized spacial score (nSPS) is 19.8. The highest BCUT2D eigenvalue weighted by atomic mass is 79.9. The minimum Gasteiger partial charge on any atom is -1.00 e. The second-order valence-corrected chi connectivity index (χ2v) is 3.48. The van der Waals surface area contributed by atoms with Crippen LogP contribution in [0.1, 0.15) is 25.3 Å². The van der Waals surface area contributed by atoms with Crippen molar-refractivity contribution in [1.29, 1.82) is 0 Å². The molecule has 1 aliphatic heterocycles. The fourth-order valence-electron chi connectivity index (χ4n) is 1.86. The first-order valence-corrected chi connectivity index (χ1v) is 4.38. The largest absolute Gasteiger partial charge is 1.00 e. The highest BCUT2D eigenvalue weighted by molar-refractivity contribution is 5.89. The minimum absolute atomic E-state index is 0. The summed E-state index contributed by atoms with van der Waals surface area (Å²) in [6.45, 7) is 4.46. The van der Waals surface area contributed by atoms with Gasteiger partial charge in [-0.05, 0) is 6.92 Å². The molecule has 1 aromatic rings. The molecule has 0 saturated carbocycles. The van der Waals surface area contributed by atoms with Crippen molar-refractivity contribution in [3.63, 3.8) is 0 Å². The number of halogens is 1. The Labute approximate surface area is 89.9 Å². The summed E-state index contributed by atoms with van der Waals surface area (Å²) in [7, 11) is 2.14. The molecule has 13 heavy (non-hydrogen) atoms. The minimum atomic E-state index is 0. The number of para-hydroxylation sites is 1. The molecule has 1 aromatic carbocycles. The molecule has 0 fully saturated rings. The predicted molar refractivity (Wildman–Crippen MR) is 51.4 cm³/mol. The molecule has 0 radical (unpaired) electrons. The van der Waals surface area contributed by atoms with Crippen molar-refractivity contribution in [1.82, 2.24) is 0 Å². The molecule has 1 heterocycles. The summed E-state index contributed by atoms with van der Waals surface area (Å²) in [5.74, 6) is 0.589.